The fraction of sp³-hybridized carbons (Fsp3) is 0.526. The summed E-state index contributed by atoms with van der Waals surface area (Å²) in [5.41, 5.74) is 1.72. The molecule has 0 spiro atoms. The number of likely N-dealkylation sites (tertiary alicyclic amines) is 1. The van der Waals surface area contributed by atoms with Crippen LogP contribution in [0.4, 0.5) is 4.79 Å². The van der Waals surface area contributed by atoms with Crippen LogP contribution in [0.5, 0.6) is 0 Å². The van der Waals surface area contributed by atoms with Crippen molar-refractivity contribution in [2.45, 2.75) is 52.2 Å². The van der Waals surface area contributed by atoms with E-state index in [-0.39, 0.29) is 6.09 Å². The van der Waals surface area contributed by atoms with Crippen LogP contribution in [-0.4, -0.2) is 34.3 Å². The van der Waals surface area contributed by atoms with E-state index in [1.165, 1.54) is 37.9 Å². The Labute approximate surface area is 138 Å². The van der Waals surface area contributed by atoms with Crippen LogP contribution >= 0.6 is 0 Å². The van der Waals surface area contributed by atoms with Crippen molar-refractivity contribution in [1.82, 2.24) is 9.47 Å². The number of benzene rings is 1. The predicted octanol–water partition coefficient (Wildman–Crippen LogP) is 4.41. The van der Waals surface area contributed by atoms with Gasteiger partial charge in [0.1, 0.15) is 5.60 Å². The SMILES string of the molecule is CC(C)(C)OC(=O)n1ccc2c(CN3CCCCC3)cccc21. The molecule has 4 heteroatoms. The molecule has 124 valence electrons. The molecule has 1 aliphatic heterocycles. The normalized spacial score (nSPS) is 16.7. The minimum Gasteiger partial charge on any atom is -0.443 e. The van der Waals surface area contributed by atoms with Gasteiger partial charge in [-0.05, 0) is 64.4 Å². The van der Waals surface area contributed by atoms with Gasteiger partial charge >= 0.3 is 6.09 Å². The minimum absolute atomic E-state index is 0.317. The smallest absolute Gasteiger partial charge is 0.418 e. The fourth-order valence-corrected chi connectivity index (χ4v) is 3.20. The number of rotatable bonds is 2. The third-order valence-corrected chi connectivity index (χ3v) is 4.26. The van der Waals surface area contributed by atoms with Crippen LogP contribution in [0.2, 0.25) is 0 Å². The van der Waals surface area contributed by atoms with Crippen LogP contribution in [0.1, 0.15) is 45.6 Å². The minimum atomic E-state index is -0.487. The molecule has 4 nitrogen and oxygen atoms in total. The van der Waals surface area contributed by atoms with Gasteiger partial charge in [-0.1, -0.05) is 18.6 Å². The van der Waals surface area contributed by atoms with Crippen molar-refractivity contribution < 1.29 is 9.53 Å². The molecule has 1 aliphatic rings. The van der Waals surface area contributed by atoms with Gasteiger partial charge in [0.2, 0.25) is 0 Å². The Morgan fingerprint density at radius 1 is 1.13 bits per heavy atom. The molecule has 3 rings (SSSR count). The first-order valence-corrected chi connectivity index (χ1v) is 8.49. The second kappa shape index (κ2) is 6.36. The molecule has 1 aromatic carbocycles. The molecular formula is C19H26N2O2. The summed E-state index contributed by atoms with van der Waals surface area (Å²) < 4.78 is 7.11. The number of fused-ring (bicyclic) bond motifs is 1. The fourth-order valence-electron chi connectivity index (χ4n) is 3.20. The summed E-state index contributed by atoms with van der Waals surface area (Å²) in [7, 11) is 0. The van der Waals surface area contributed by atoms with E-state index in [2.05, 4.69) is 11.0 Å². The quantitative estimate of drug-likeness (QED) is 0.823. The Morgan fingerprint density at radius 3 is 2.57 bits per heavy atom. The van der Waals surface area contributed by atoms with Crippen molar-refractivity contribution in [2.75, 3.05) is 13.1 Å². The maximum atomic E-state index is 12.4. The van der Waals surface area contributed by atoms with Crippen molar-refractivity contribution in [3.05, 3.63) is 36.0 Å². The lowest BCUT2D eigenvalue weighted by Gasteiger charge is -2.26. The van der Waals surface area contributed by atoms with Crippen LogP contribution < -0.4 is 0 Å². The number of carbonyl (C=O) groups is 1. The summed E-state index contributed by atoms with van der Waals surface area (Å²) >= 11 is 0. The van der Waals surface area contributed by atoms with Gasteiger partial charge in [0.05, 0.1) is 5.52 Å². The number of hydrogen-bond acceptors (Lipinski definition) is 3. The summed E-state index contributed by atoms with van der Waals surface area (Å²) in [6.07, 6.45) is 5.42. The lowest BCUT2D eigenvalue weighted by atomic mass is 10.1. The summed E-state index contributed by atoms with van der Waals surface area (Å²) in [4.78, 5) is 14.9. The van der Waals surface area contributed by atoms with Crippen molar-refractivity contribution in [3.8, 4) is 0 Å². The molecule has 0 saturated carbocycles. The summed E-state index contributed by atoms with van der Waals surface area (Å²) in [5, 5.41) is 1.14. The Kier molecular flexibility index (Phi) is 4.44. The molecular weight excluding hydrogens is 288 g/mol. The Balaban J connectivity index is 1.86. The lowest BCUT2D eigenvalue weighted by Crippen LogP contribution is -2.29. The first kappa shape index (κ1) is 16.1. The summed E-state index contributed by atoms with van der Waals surface area (Å²) in [5.74, 6) is 0. The number of piperidine rings is 1. The van der Waals surface area contributed by atoms with E-state index < -0.39 is 5.60 Å². The molecule has 1 aromatic heterocycles. The van der Waals surface area contributed by atoms with Crippen LogP contribution in [0.25, 0.3) is 10.9 Å². The van der Waals surface area contributed by atoms with E-state index in [0.717, 1.165) is 17.4 Å². The maximum absolute atomic E-state index is 12.4. The highest BCUT2D eigenvalue weighted by Crippen LogP contribution is 2.24. The largest absolute Gasteiger partial charge is 0.443 e. The molecule has 0 atom stereocenters. The molecule has 1 saturated heterocycles. The lowest BCUT2D eigenvalue weighted by molar-refractivity contribution is 0.0544. The number of hydrogen-bond donors (Lipinski definition) is 0. The van der Waals surface area contributed by atoms with Gasteiger partial charge in [-0.15, -0.1) is 0 Å². The van der Waals surface area contributed by atoms with E-state index in [1.807, 2.05) is 45.2 Å². The zero-order valence-electron chi connectivity index (χ0n) is 14.3. The monoisotopic (exact) mass is 314 g/mol. The highest BCUT2D eigenvalue weighted by molar-refractivity contribution is 5.91. The van der Waals surface area contributed by atoms with E-state index >= 15 is 0 Å². The molecule has 1 fully saturated rings. The Bertz CT molecular complexity index is 691. The molecule has 0 unspecified atom stereocenters. The molecule has 0 bridgehead atoms. The average Bonchev–Trinajstić information content (AvgIpc) is 2.92. The second-order valence-electron chi connectivity index (χ2n) is 7.35. The Morgan fingerprint density at radius 2 is 1.87 bits per heavy atom. The van der Waals surface area contributed by atoms with Gasteiger partial charge in [0.15, 0.2) is 0 Å². The first-order chi connectivity index (χ1) is 10.9. The van der Waals surface area contributed by atoms with Crippen molar-refractivity contribution in [3.63, 3.8) is 0 Å². The number of carbonyl (C=O) groups excluding carboxylic acids is 1. The third kappa shape index (κ3) is 3.75. The van der Waals surface area contributed by atoms with E-state index in [9.17, 15) is 4.79 Å². The number of ether oxygens (including phenoxy) is 1. The standard InChI is InChI=1S/C19H26N2O2/c1-19(2,3)23-18(22)21-13-10-16-15(8-7-9-17(16)21)14-20-11-5-4-6-12-20/h7-10,13H,4-6,11-12,14H2,1-3H3. The molecule has 2 heterocycles. The highest BCUT2D eigenvalue weighted by Gasteiger charge is 2.20. The molecule has 0 radical (unpaired) electrons. The highest BCUT2D eigenvalue weighted by atomic mass is 16.6. The average molecular weight is 314 g/mol. The molecule has 0 N–H and O–H groups in total. The first-order valence-electron chi connectivity index (χ1n) is 8.49. The van der Waals surface area contributed by atoms with Gasteiger partial charge in [0.25, 0.3) is 0 Å². The van der Waals surface area contributed by atoms with Gasteiger partial charge in [-0.3, -0.25) is 9.47 Å². The molecule has 23 heavy (non-hydrogen) atoms. The van der Waals surface area contributed by atoms with E-state index in [1.54, 1.807) is 4.57 Å². The van der Waals surface area contributed by atoms with E-state index in [4.69, 9.17) is 4.74 Å². The third-order valence-electron chi connectivity index (χ3n) is 4.26. The zero-order valence-corrected chi connectivity index (χ0v) is 14.3. The van der Waals surface area contributed by atoms with Gasteiger partial charge in [-0.25, -0.2) is 4.79 Å². The van der Waals surface area contributed by atoms with Crippen LogP contribution in [0.15, 0.2) is 30.5 Å². The van der Waals surface area contributed by atoms with E-state index in [0.29, 0.717) is 0 Å². The van der Waals surface area contributed by atoms with Crippen molar-refractivity contribution >= 4 is 17.0 Å². The topological polar surface area (TPSA) is 34.5 Å². The van der Waals surface area contributed by atoms with Gasteiger partial charge in [0, 0.05) is 18.1 Å². The molecule has 0 amide bonds. The number of aromatic nitrogens is 1. The Hall–Kier alpha value is -1.81. The number of nitrogens with zero attached hydrogens (tertiary/aromatic N) is 2. The van der Waals surface area contributed by atoms with Crippen molar-refractivity contribution in [2.24, 2.45) is 0 Å². The maximum Gasteiger partial charge on any atom is 0.418 e. The van der Waals surface area contributed by atoms with Crippen LogP contribution in [-0.2, 0) is 11.3 Å². The van der Waals surface area contributed by atoms with Crippen molar-refractivity contribution in [1.29, 1.82) is 0 Å². The van der Waals surface area contributed by atoms with Gasteiger partial charge < -0.3 is 4.74 Å². The zero-order chi connectivity index (χ0) is 16.4. The van der Waals surface area contributed by atoms with Gasteiger partial charge in [-0.2, -0.15) is 0 Å². The summed E-state index contributed by atoms with van der Waals surface area (Å²) in [6, 6.07) is 8.20. The predicted molar refractivity (Wildman–Crippen MR) is 92.7 cm³/mol. The molecule has 2 aromatic rings. The second-order valence-corrected chi connectivity index (χ2v) is 7.35. The van der Waals surface area contributed by atoms with Crippen LogP contribution in [0, 0.1) is 0 Å². The summed E-state index contributed by atoms with van der Waals surface area (Å²) in [6.45, 7) is 8.96. The molecule has 0 aliphatic carbocycles. The van der Waals surface area contributed by atoms with Crippen LogP contribution in [0.3, 0.4) is 0 Å².